The van der Waals surface area contributed by atoms with Gasteiger partial charge in [0.05, 0.1) is 16.9 Å². The van der Waals surface area contributed by atoms with Crippen LogP contribution in [0.2, 0.25) is 0 Å². The minimum Gasteiger partial charge on any atom is -0.366 e. The van der Waals surface area contributed by atoms with Crippen molar-refractivity contribution in [2.75, 3.05) is 41.3 Å². The Morgan fingerprint density at radius 2 is 1.66 bits per heavy atom. The van der Waals surface area contributed by atoms with Crippen LogP contribution in [0.1, 0.15) is 11.3 Å². The lowest BCUT2D eigenvalue weighted by atomic mass is 10.2. The van der Waals surface area contributed by atoms with E-state index in [0.717, 1.165) is 24.6 Å². The highest BCUT2D eigenvalue weighted by molar-refractivity contribution is 5.63. The van der Waals surface area contributed by atoms with E-state index in [1.54, 1.807) is 12.1 Å². The number of nitrogens with one attached hydrogen (secondary N) is 1. The number of benzene rings is 2. The molecule has 0 aliphatic carbocycles. The molecule has 3 aromatic rings. The van der Waals surface area contributed by atoms with E-state index in [1.807, 2.05) is 43.3 Å². The summed E-state index contributed by atoms with van der Waals surface area (Å²) in [5.41, 5.74) is 2.69. The lowest BCUT2D eigenvalue weighted by molar-refractivity contribution is 0.596. The predicted octanol–water partition coefficient (Wildman–Crippen LogP) is 3.87. The van der Waals surface area contributed by atoms with Gasteiger partial charge in [0.15, 0.2) is 0 Å². The highest BCUT2D eigenvalue weighted by atomic mass is 19.1. The molecule has 146 valence electrons. The molecule has 0 spiro atoms. The molecule has 1 fully saturated rings. The van der Waals surface area contributed by atoms with Gasteiger partial charge in [-0.25, -0.2) is 9.37 Å². The van der Waals surface area contributed by atoms with Gasteiger partial charge in [-0.05, 0) is 31.2 Å². The van der Waals surface area contributed by atoms with Gasteiger partial charge in [-0.2, -0.15) is 10.2 Å². The fourth-order valence-electron chi connectivity index (χ4n) is 3.46. The first-order valence-electron chi connectivity index (χ1n) is 9.50. The Labute approximate surface area is 169 Å². The molecular formula is C22H21FN6. The van der Waals surface area contributed by atoms with Crippen molar-refractivity contribution in [3.05, 3.63) is 71.7 Å². The Balaban J connectivity index is 1.50. The molecule has 4 rings (SSSR count). The van der Waals surface area contributed by atoms with Crippen LogP contribution in [0.5, 0.6) is 0 Å². The Hall–Kier alpha value is -3.66. The number of aromatic nitrogens is 2. The molecule has 1 aliphatic heterocycles. The molecule has 0 unspecified atom stereocenters. The first kappa shape index (κ1) is 18.7. The molecule has 0 atom stereocenters. The van der Waals surface area contributed by atoms with Crippen LogP contribution < -0.4 is 15.1 Å². The molecule has 7 heteroatoms. The summed E-state index contributed by atoms with van der Waals surface area (Å²) >= 11 is 0. The van der Waals surface area contributed by atoms with Gasteiger partial charge in [0.2, 0.25) is 5.95 Å². The summed E-state index contributed by atoms with van der Waals surface area (Å²) in [4.78, 5) is 13.3. The maximum atomic E-state index is 14.1. The summed E-state index contributed by atoms with van der Waals surface area (Å²) in [5.74, 6) is 1.09. The van der Waals surface area contributed by atoms with Crippen LogP contribution in [0.15, 0.2) is 54.6 Å². The fraction of sp³-hybridized carbons (Fsp3) is 0.227. The molecule has 2 aromatic carbocycles. The molecule has 2 heterocycles. The molecule has 1 saturated heterocycles. The van der Waals surface area contributed by atoms with Crippen molar-refractivity contribution < 1.29 is 4.39 Å². The van der Waals surface area contributed by atoms with Crippen LogP contribution in [0, 0.1) is 24.1 Å². The molecule has 1 aromatic heterocycles. The zero-order valence-electron chi connectivity index (χ0n) is 16.1. The average molecular weight is 388 g/mol. The molecule has 0 saturated carbocycles. The summed E-state index contributed by atoms with van der Waals surface area (Å²) in [6, 6.07) is 18.2. The van der Waals surface area contributed by atoms with Crippen LogP contribution in [0.4, 0.5) is 27.5 Å². The van der Waals surface area contributed by atoms with Gasteiger partial charge in [-0.1, -0.05) is 24.3 Å². The Bertz CT molecular complexity index is 1050. The number of hydrogen-bond donors (Lipinski definition) is 1. The number of para-hydroxylation sites is 2. The van der Waals surface area contributed by atoms with E-state index in [4.69, 9.17) is 0 Å². The van der Waals surface area contributed by atoms with E-state index in [1.165, 1.54) is 6.07 Å². The summed E-state index contributed by atoms with van der Waals surface area (Å²) in [7, 11) is 0. The lowest BCUT2D eigenvalue weighted by Crippen LogP contribution is -2.47. The van der Waals surface area contributed by atoms with Crippen molar-refractivity contribution in [2.45, 2.75) is 6.92 Å². The first-order valence-corrected chi connectivity index (χ1v) is 9.50. The van der Waals surface area contributed by atoms with Crippen molar-refractivity contribution in [1.82, 2.24) is 9.97 Å². The highest BCUT2D eigenvalue weighted by Crippen LogP contribution is 2.24. The van der Waals surface area contributed by atoms with Crippen molar-refractivity contribution >= 4 is 23.1 Å². The van der Waals surface area contributed by atoms with Crippen LogP contribution in [0.3, 0.4) is 0 Å². The van der Waals surface area contributed by atoms with Gasteiger partial charge in [0, 0.05) is 37.9 Å². The van der Waals surface area contributed by atoms with E-state index in [0.29, 0.717) is 36.0 Å². The smallest absolute Gasteiger partial charge is 0.229 e. The molecule has 0 bridgehead atoms. The highest BCUT2D eigenvalue weighted by Gasteiger charge is 2.21. The SMILES string of the molecule is Cc1cc(N2CCN(c3ccccc3F)CC2)nc(Nc2ccccc2C#N)n1. The Morgan fingerprint density at radius 1 is 0.966 bits per heavy atom. The Kier molecular flexibility index (Phi) is 5.25. The third kappa shape index (κ3) is 4.11. The second-order valence-electron chi connectivity index (χ2n) is 6.90. The fourth-order valence-corrected chi connectivity index (χ4v) is 3.46. The van der Waals surface area contributed by atoms with Gasteiger partial charge < -0.3 is 15.1 Å². The average Bonchev–Trinajstić information content (AvgIpc) is 2.74. The third-order valence-electron chi connectivity index (χ3n) is 4.93. The van der Waals surface area contributed by atoms with Gasteiger partial charge in [0.1, 0.15) is 17.7 Å². The lowest BCUT2D eigenvalue weighted by Gasteiger charge is -2.37. The summed E-state index contributed by atoms with van der Waals surface area (Å²) in [6.45, 7) is 4.81. The largest absolute Gasteiger partial charge is 0.366 e. The maximum Gasteiger partial charge on any atom is 0.229 e. The number of halogens is 1. The second-order valence-corrected chi connectivity index (χ2v) is 6.90. The van der Waals surface area contributed by atoms with Gasteiger partial charge in [-0.3, -0.25) is 0 Å². The summed E-state index contributed by atoms with van der Waals surface area (Å²) in [6.07, 6.45) is 0. The van der Waals surface area contributed by atoms with Crippen LogP contribution in [0.25, 0.3) is 0 Å². The van der Waals surface area contributed by atoms with E-state index >= 15 is 0 Å². The van der Waals surface area contributed by atoms with Crippen molar-refractivity contribution in [3.63, 3.8) is 0 Å². The van der Waals surface area contributed by atoms with Crippen LogP contribution in [-0.2, 0) is 0 Å². The molecule has 29 heavy (non-hydrogen) atoms. The monoisotopic (exact) mass is 388 g/mol. The molecule has 1 aliphatic rings. The molecule has 0 amide bonds. The van der Waals surface area contributed by atoms with E-state index in [2.05, 4.69) is 31.2 Å². The normalized spacial score (nSPS) is 13.8. The molecular weight excluding hydrogens is 367 g/mol. The van der Waals surface area contributed by atoms with Crippen LogP contribution >= 0.6 is 0 Å². The number of piperazine rings is 1. The number of nitrogens with zero attached hydrogens (tertiary/aromatic N) is 5. The minimum absolute atomic E-state index is 0.193. The molecule has 1 N–H and O–H groups in total. The van der Waals surface area contributed by atoms with E-state index < -0.39 is 0 Å². The summed E-state index contributed by atoms with van der Waals surface area (Å²) < 4.78 is 14.1. The predicted molar refractivity (Wildman–Crippen MR) is 112 cm³/mol. The van der Waals surface area contributed by atoms with Gasteiger partial charge >= 0.3 is 0 Å². The maximum absolute atomic E-state index is 14.1. The number of nitriles is 1. The topological polar surface area (TPSA) is 68.1 Å². The zero-order chi connectivity index (χ0) is 20.2. The Morgan fingerprint density at radius 3 is 2.41 bits per heavy atom. The number of rotatable bonds is 4. The van der Waals surface area contributed by atoms with Gasteiger partial charge in [0.25, 0.3) is 0 Å². The zero-order valence-corrected chi connectivity index (χ0v) is 16.1. The van der Waals surface area contributed by atoms with E-state index in [-0.39, 0.29) is 5.82 Å². The van der Waals surface area contributed by atoms with Gasteiger partial charge in [-0.15, -0.1) is 0 Å². The third-order valence-corrected chi connectivity index (χ3v) is 4.93. The number of anilines is 4. The standard InChI is InChI=1S/C22H21FN6/c1-16-14-21(27-22(25-16)26-19-8-4-2-6-17(19)15-24)29-12-10-28(11-13-29)20-9-5-3-7-18(20)23/h2-9,14H,10-13H2,1H3,(H,25,26,27). The number of aryl methyl sites for hydroxylation is 1. The quantitative estimate of drug-likeness (QED) is 0.732. The van der Waals surface area contributed by atoms with Crippen molar-refractivity contribution in [2.24, 2.45) is 0 Å². The first-order chi connectivity index (χ1) is 14.1. The van der Waals surface area contributed by atoms with Crippen LogP contribution in [-0.4, -0.2) is 36.1 Å². The van der Waals surface area contributed by atoms with E-state index in [9.17, 15) is 9.65 Å². The molecule has 0 radical (unpaired) electrons. The van der Waals surface area contributed by atoms with Crippen molar-refractivity contribution in [1.29, 1.82) is 5.26 Å². The second kappa shape index (κ2) is 8.15. The molecule has 6 nitrogen and oxygen atoms in total. The number of hydrogen-bond acceptors (Lipinski definition) is 6. The van der Waals surface area contributed by atoms with Crippen molar-refractivity contribution in [3.8, 4) is 6.07 Å². The summed E-state index contributed by atoms with van der Waals surface area (Å²) in [5, 5.41) is 12.4. The minimum atomic E-state index is -0.193.